The maximum Gasteiger partial charge on any atom is 0.182 e. The minimum atomic E-state index is -3.45. The van der Waals surface area contributed by atoms with Crippen LogP contribution in [0.1, 0.15) is 18.5 Å². The molecule has 0 aliphatic carbocycles. The van der Waals surface area contributed by atoms with Gasteiger partial charge in [-0.3, -0.25) is 0 Å². The highest BCUT2D eigenvalue weighted by atomic mass is 79.9. The number of nitrogens with two attached hydrogens (primary N) is 1. The number of rotatable bonds is 4. The average molecular weight is 354 g/mol. The van der Waals surface area contributed by atoms with E-state index in [0.717, 1.165) is 10.0 Å². The normalized spacial score (nSPS) is 14.8. The van der Waals surface area contributed by atoms with Gasteiger partial charge in [0.2, 0.25) is 0 Å². The van der Waals surface area contributed by atoms with Crippen LogP contribution < -0.4 is 5.73 Å². The molecule has 5 heteroatoms. The van der Waals surface area contributed by atoms with Gasteiger partial charge in [-0.1, -0.05) is 46.3 Å². The lowest BCUT2D eigenvalue weighted by Crippen LogP contribution is -2.31. The van der Waals surface area contributed by atoms with Gasteiger partial charge in [-0.25, -0.2) is 8.42 Å². The fourth-order valence-corrected chi connectivity index (χ4v) is 3.73. The molecule has 2 N–H and O–H groups in total. The molecular formula is C15H16BrNO2S. The van der Waals surface area contributed by atoms with Crippen LogP contribution in [0.15, 0.2) is 64.0 Å². The molecule has 0 bridgehead atoms. The SMILES string of the molecule is CC(C(N)c1ccccc1)S(=O)(=O)c1ccc(Br)cc1. The number of benzene rings is 2. The van der Waals surface area contributed by atoms with Gasteiger partial charge >= 0.3 is 0 Å². The topological polar surface area (TPSA) is 60.2 Å². The Hall–Kier alpha value is -1.17. The van der Waals surface area contributed by atoms with Crippen LogP contribution in [0.5, 0.6) is 0 Å². The summed E-state index contributed by atoms with van der Waals surface area (Å²) in [5, 5.41) is -0.689. The second-order valence-corrected chi connectivity index (χ2v) is 7.86. The van der Waals surface area contributed by atoms with E-state index in [1.165, 1.54) is 0 Å². The molecule has 106 valence electrons. The lowest BCUT2D eigenvalue weighted by atomic mass is 10.1. The van der Waals surface area contributed by atoms with Crippen LogP contribution >= 0.6 is 15.9 Å². The molecule has 3 nitrogen and oxygen atoms in total. The Morgan fingerprint density at radius 2 is 1.55 bits per heavy atom. The molecule has 0 amide bonds. The summed E-state index contributed by atoms with van der Waals surface area (Å²) in [6, 6.07) is 15.3. The summed E-state index contributed by atoms with van der Waals surface area (Å²) in [7, 11) is -3.45. The van der Waals surface area contributed by atoms with Crippen molar-refractivity contribution in [3.8, 4) is 0 Å². The van der Waals surface area contributed by atoms with Gasteiger partial charge in [0.05, 0.1) is 10.1 Å². The molecule has 0 saturated carbocycles. The number of hydrogen-bond donors (Lipinski definition) is 1. The van der Waals surface area contributed by atoms with Gasteiger partial charge in [-0.05, 0) is 36.8 Å². The molecule has 0 aliphatic heterocycles. The molecule has 0 saturated heterocycles. The van der Waals surface area contributed by atoms with Crippen molar-refractivity contribution in [2.45, 2.75) is 23.1 Å². The standard InChI is InChI=1S/C15H16BrNO2S/c1-11(15(17)12-5-3-2-4-6-12)20(18,19)14-9-7-13(16)8-10-14/h2-11,15H,17H2,1H3. The summed E-state index contributed by atoms with van der Waals surface area (Å²) >= 11 is 3.30. The zero-order chi connectivity index (χ0) is 14.8. The van der Waals surface area contributed by atoms with Gasteiger partial charge in [-0.15, -0.1) is 0 Å². The van der Waals surface area contributed by atoms with E-state index in [1.807, 2.05) is 30.3 Å². The molecule has 2 aromatic carbocycles. The Morgan fingerprint density at radius 3 is 2.10 bits per heavy atom. The average Bonchev–Trinajstić information content (AvgIpc) is 2.47. The Balaban J connectivity index is 2.32. The smallest absolute Gasteiger partial charge is 0.182 e. The van der Waals surface area contributed by atoms with Crippen molar-refractivity contribution in [1.82, 2.24) is 0 Å². The summed E-state index contributed by atoms with van der Waals surface area (Å²) in [6.45, 7) is 1.65. The van der Waals surface area contributed by atoms with Crippen LogP contribution in [0.3, 0.4) is 0 Å². The largest absolute Gasteiger partial charge is 0.323 e. The molecule has 0 aromatic heterocycles. The minimum absolute atomic E-state index is 0.291. The highest BCUT2D eigenvalue weighted by Gasteiger charge is 2.29. The van der Waals surface area contributed by atoms with Crippen LogP contribution in [-0.2, 0) is 9.84 Å². The highest BCUT2D eigenvalue weighted by Crippen LogP contribution is 2.26. The van der Waals surface area contributed by atoms with E-state index >= 15 is 0 Å². The van der Waals surface area contributed by atoms with Gasteiger partial charge in [0.1, 0.15) is 0 Å². The first-order valence-corrected chi connectivity index (χ1v) is 8.57. The lowest BCUT2D eigenvalue weighted by Gasteiger charge is -2.20. The van der Waals surface area contributed by atoms with E-state index < -0.39 is 21.1 Å². The molecule has 2 rings (SSSR count). The Morgan fingerprint density at radius 1 is 1.00 bits per heavy atom. The predicted octanol–water partition coefficient (Wildman–Crippen LogP) is 3.31. The van der Waals surface area contributed by atoms with Crippen LogP contribution in [0, 0.1) is 0 Å². The van der Waals surface area contributed by atoms with Crippen molar-refractivity contribution in [3.05, 3.63) is 64.6 Å². The van der Waals surface area contributed by atoms with Gasteiger partial charge < -0.3 is 5.73 Å². The quantitative estimate of drug-likeness (QED) is 0.916. The van der Waals surface area contributed by atoms with Crippen molar-refractivity contribution in [3.63, 3.8) is 0 Å². The van der Waals surface area contributed by atoms with Crippen LogP contribution in [0.25, 0.3) is 0 Å². The van der Waals surface area contributed by atoms with E-state index in [9.17, 15) is 8.42 Å². The first-order chi connectivity index (χ1) is 9.43. The second-order valence-electron chi connectivity index (χ2n) is 4.64. The third-order valence-corrected chi connectivity index (χ3v) is 6.05. The lowest BCUT2D eigenvalue weighted by molar-refractivity contribution is 0.565. The van der Waals surface area contributed by atoms with Gasteiger partial charge in [-0.2, -0.15) is 0 Å². The second kappa shape index (κ2) is 6.08. The predicted molar refractivity (Wildman–Crippen MR) is 84.2 cm³/mol. The zero-order valence-electron chi connectivity index (χ0n) is 11.0. The van der Waals surface area contributed by atoms with Crippen LogP contribution in [0.2, 0.25) is 0 Å². The number of halogens is 1. The van der Waals surface area contributed by atoms with Crippen molar-refractivity contribution >= 4 is 25.8 Å². The van der Waals surface area contributed by atoms with E-state index in [4.69, 9.17) is 5.73 Å². The van der Waals surface area contributed by atoms with Crippen LogP contribution in [0.4, 0.5) is 0 Å². The Kier molecular flexibility index (Phi) is 4.62. The molecule has 0 radical (unpaired) electrons. The van der Waals surface area contributed by atoms with Crippen molar-refractivity contribution < 1.29 is 8.42 Å². The number of hydrogen-bond acceptors (Lipinski definition) is 3. The summed E-state index contributed by atoms with van der Waals surface area (Å²) in [6.07, 6.45) is 0. The van der Waals surface area contributed by atoms with Gasteiger partial charge in [0, 0.05) is 10.5 Å². The Labute approximate surface area is 127 Å². The molecule has 0 fully saturated rings. The Bertz CT molecular complexity index is 669. The molecule has 2 unspecified atom stereocenters. The summed E-state index contributed by atoms with van der Waals surface area (Å²) in [5.74, 6) is 0. The highest BCUT2D eigenvalue weighted by molar-refractivity contribution is 9.10. The third-order valence-electron chi connectivity index (χ3n) is 3.32. The van der Waals surface area contributed by atoms with E-state index in [0.29, 0.717) is 4.90 Å². The maximum absolute atomic E-state index is 12.6. The third kappa shape index (κ3) is 3.11. The zero-order valence-corrected chi connectivity index (χ0v) is 13.4. The fraction of sp³-hybridized carbons (Fsp3) is 0.200. The maximum atomic E-state index is 12.6. The first kappa shape index (κ1) is 15.2. The van der Waals surface area contributed by atoms with Crippen molar-refractivity contribution in [2.24, 2.45) is 5.73 Å². The molecule has 2 aromatic rings. The van der Waals surface area contributed by atoms with Gasteiger partial charge in [0.15, 0.2) is 9.84 Å². The molecular weight excluding hydrogens is 338 g/mol. The van der Waals surface area contributed by atoms with E-state index in [1.54, 1.807) is 31.2 Å². The molecule has 0 aliphatic rings. The van der Waals surface area contributed by atoms with E-state index in [2.05, 4.69) is 15.9 Å². The summed E-state index contributed by atoms with van der Waals surface area (Å²) in [4.78, 5) is 0.291. The monoisotopic (exact) mass is 353 g/mol. The van der Waals surface area contributed by atoms with Crippen LogP contribution in [-0.4, -0.2) is 13.7 Å². The van der Waals surface area contributed by atoms with E-state index in [-0.39, 0.29) is 0 Å². The van der Waals surface area contributed by atoms with Crippen molar-refractivity contribution in [1.29, 1.82) is 0 Å². The van der Waals surface area contributed by atoms with Gasteiger partial charge in [0.25, 0.3) is 0 Å². The fourth-order valence-electron chi connectivity index (χ4n) is 1.98. The van der Waals surface area contributed by atoms with Crippen molar-refractivity contribution in [2.75, 3.05) is 0 Å². The summed E-state index contributed by atoms with van der Waals surface area (Å²) < 4.78 is 26.0. The number of sulfone groups is 1. The minimum Gasteiger partial charge on any atom is -0.323 e. The molecule has 2 atom stereocenters. The summed E-state index contributed by atoms with van der Waals surface area (Å²) in [5.41, 5.74) is 6.92. The molecule has 20 heavy (non-hydrogen) atoms. The molecule has 0 heterocycles. The molecule has 0 spiro atoms. The first-order valence-electron chi connectivity index (χ1n) is 6.23.